The van der Waals surface area contributed by atoms with E-state index in [-0.39, 0.29) is 26.4 Å². The van der Waals surface area contributed by atoms with E-state index in [1.807, 2.05) is 0 Å². The smallest absolute Gasteiger partial charge is 0.458 e. The highest BCUT2D eigenvalue weighted by molar-refractivity contribution is 7.47. The van der Waals surface area contributed by atoms with Gasteiger partial charge in [-0.1, -0.05) is 71.1 Å². The van der Waals surface area contributed by atoms with E-state index < -0.39 is 19.9 Å². The molecule has 29 heavy (non-hydrogen) atoms. The Morgan fingerprint density at radius 2 is 1.45 bits per heavy atom. The number of phosphoric ester groups is 1. The van der Waals surface area contributed by atoms with Gasteiger partial charge < -0.3 is 20.1 Å². The molecule has 0 amide bonds. The zero-order valence-electron chi connectivity index (χ0n) is 18.3. The minimum Gasteiger partial charge on any atom is -0.458 e. The van der Waals surface area contributed by atoms with Crippen molar-refractivity contribution in [1.82, 2.24) is 0 Å². The minimum atomic E-state index is -4.20. The Labute approximate surface area is 176 Å². The number of esters is 1. The molecule has 0 aliphatic carbocycles. The Kier molecular flexibility index (Phi) is 19.1. The molecule has 8 nitrogen and oxygen atoms in total. The second kappa shape index (κ2) is 19.5. The lowest BCUT2D eigenvalue weighted by Crippen LogP contribution is -2.27. The summed E-state index contributed by atoms with van der Waals surface area (Å²) in [4.78, 5) is 20.7. The molecule has 0 rings (SSSR count). The third-order valence-corrected chi connectivity index (χ3v) is 5.31. The molecule has 2 atom stereocenters. The number of nitrogens with two attached hydrogens (primary N) is 1. The van der Waals surface area contributed by atoms with Gasteiger partial charge in [-0.05, 0) is 6.42 Å². The average molecular weight is 440 g/mol. The first-order valence-electron chi connectivity index (χ1n) is 11.0. The van der Waals surface area contributed by atoms with Crippen molar-refractivity contribution in [1.29, 1.82) is 0 Å². The molecule has 0 aromatic rings. The quantitative estimate of drug-likeness (QED) is 0.154. The molecule has 0 radical (unpaired) electrons. The fraction of sp³-hybridized carbons (Fsp3) is 0.950. The summed E-state index contributed by atoms with van der Waals surface area (Å²) in [5.41, 5.74) is 5.22. The molecule has 0 saturated carbocycles. The van der Waals surface area contributed by atoms with E-state index in [4.69, 9.17) is 19.7 Å². The van der Waals surface area contributed by atoms with Crippen molar-refractivity contribution in [3.8, 4) is 0 Å². The number of hydrogen-bond donors (Lipinski definition) is 2. The van der Waals surface area contributed by atoms with Gasteiger partial charge >= 0.3 is 13.8 Å². The summed E-state index contributed by atoms with van der Waals surface area (Å²) in [5, 5.41) is 0. The summed E-state index contributed by atoms with van der Waals surface area (Å²) in [6.07, 6.45) is 13.1. The molecule has 9 heteroatoms. The van der Waals surface area contributed by atoms with Crippen LogP contribution >= 0.6 is 7.82 Å². The van der Waals surface area contributed by atoms with Crippen LogP contribution < -0.4 is 5.73 Å². The van der Waals surface area contributed by atoms with Gasteiger partial charge in [0.25, 0.3) is 0 Å². The summed E-state index contributed by atoms with van der Waals surface area (Å²) in [6, 6.07) is 0. The number of rotatable bonds is 21. The second-order valence-electron chi connectivity index (χ2n) is 7.23. The Balaban J connectivity index is 3.74. The lowest BCUT2D eigenvalue weighted by atomic mass is 10.1. The highest BCUT2D eigenvalue weighted by atomic mass is 31.2. The van der Waals surface area contributed by atoms with E-state index >= 15 is 0 Å². The first-order chi connectivity index (χ1) is 13.9. The molecule has 0 bridgehead atoms. The molecule has 0 saturated heterocycles. The van der Waals surface area contributed by atoms with Crippen LogP contribution in [0.25, 0.3) is 0 Å². The van der Waals surface area contributed by atoms with Crippen molar-refractivity contribution in [3.63, 3.8) is 0 Å². The van der Waals surface area contributed by atoms with E-state index in [0.29, 0.717) is 6.61 Å². The van der Waals surface area contributed by atoms with Gasteiger partial charge in [-0.3, -0.25) is 13.8 Å². The van der Waals surface area contributed by atoms with Gasteiger partial charge in [0.05, 0.1) is 19.8 Å². The van der Waals surface area contributed by atoms with Crippen LogP contribution in [0.15, 0.2) is 0 Å². The SMILES string of the molecule is CCCCCCCCCCCCCOCC(COP(=O)(O)OCCN)OC(C)=O. The predicted molar refractivity (Wildman–Crippen MR) is 114 cm³/mol. The van der Waals surface area contributed by atoms with Crippen molar-refractivity contribution in [2.24, 2.45) is 5.73 Å². The van der Waals surface area contributed by atoms with Crippen LogP contribution in [0.5, 0.6) is 0 Å². The summed E-state index contributed by atoms with van der Waals surface area (Å²) < 4.78 is 31.7. The van der Waals surface area contributed by atoms with Crippen LogP contribution in [0.3, 0.4) is 0 Å². The van der Waals surface area contributed by atoms with Gasteiger partial charge in [-0.25, -0.2) is 4.57 Å². The second-order valence-corrected chi connectivity index (χ2v) is 8.68. The zero-order valence-corrected chi connectivity index (χ0v) is 19.2. The standard InChI is InChI=1S/C20H42NO7P/c1-3-4-5-6-7-8-9-10-11-12-13-15-25-17-20(28-19(2)22)18-27-29(23,24)26-16-14-21/h20H,3-18,21H2,1-2H3,(H,23,24). The summed E-state index contributed by atoms with van der Waals surface area (Å²) in [5.74, 6) is -0.507. The maximum Gasteiger partial charge on any atom is 0.472 e. The van der Waals surface area contributed by atoms with Crippen molar-refractivity contribution in [2.75, 3.05) is 33.0 Å². The Morgan fingerprint density at radius 1 is 0.897 bits per heavy atom. The lowest BCUT2D eigenvalue weighted by molar-refractivity contribution is -0.151. The number of carbonyl (C=O) groups is 1. The first kappa shape index (κ1) is 28.5. The third kappa shape index (κ3) is 20.5. The molecule has 2 unspecified atom stereocenters. The third-order valence-electron chi connectivity index (χ3n) is 4.32. The number of carbonyl (C=O) groups excluding carboxylic acids is 1. The van der Waals surface area contributed by atoms with Crippen molar-refractivity contribution < 1.29 is 32.8 Å². The number of unbranched alkanes of at least 4 members (excludes halogenated alkanes) is 10. The fourth-order valence-corrected chi connectivity index (χ4v) is 3.58. The zero-order chi connectivity index (χ0) is 21.8. The first-order valence-corrected chi connectivity index (χ1v) is 12.5. The van der Waals surface area contributed by atoms with Crippen LogP contribution in [-0.2, 0) is 27.9 Å². The molecular formula is C20H42NO7P. The summed E-state index contributed by atoms with van der Waals surface area (Å²) >= 11 is 0. The lowest BCUT2D eigenvalue weighted by Gasteiger charge is -2.19. The highest BCUT2D eigenvalue weighted by Gasteiger charge is 2.24. The summed E-state index contributed by atoms with van der Waals surface area (Å²) in [6.45, 7) is 3.88. The van der Waals surface area contributed by atoms with Crippen molar-refractivity contribution >= 4 is 13.8 Å². The van der Waals surface area contributed by atoms with Crippen LogP contribution in [0.2, 0.25) is 0 Å². The Hall–Kier alpha value is -0.500. The van der Waals surface area contributed by atoms with Crippen LogP contribution in [0.4, 0.5) is 0 Å². The monoisotopic (exact) mass is 439 g/mol. The minimum absolute atomic E-state index is 0.0959. The van der Waals surface area contributed by atoms with E-state index in [0.717, 1.165) is 12.8 Å². The van der Waals surface area contributed by atoms with Gasteiger partial charge in [0.15, 0.2) is 0 Å². The molecule has 3 N–H and O–H groups in total. The molecule has 0 aromatic heterocycles. The molecule has 0 heterocycles. The van der Waals surface area contributed by atoms with Gasteiger partial charge in [0.1, 0.15) is 6.10 Å². The topological polar surface area (TPSA) is 117 Å². The van der Waals surface area contributed by atoms with Gasteiger partial charge in [0, 0.05) is 20.1 Å². The van der Waals surface area contributed by atoms with E-state index in [9.17, 15) is 14.3 Å². The molecular weight excluding hydrogens is 397 g/mol. The normalized spacial score (nSPS) is 14.5. The van der Waals surface area contributed by atoms with Gasteiger partial charge in [-0.15, -0.1) is 0 Å². The van der Waals surface area contributed by atoms with Crippen LogP contribution in [0.1, 0.15) is 84.5 Å². The average Bonchev–Trinajstić information content (AvgIpc) is 2.67. The maximum atomic E-state index is 11.6. The Morgan fingerprint density at radius 3 is 1.97 bits per heavy atom. The van der Waals surface area contributed by atoms with E-state index in [1.165, 1.54) is 64.7 Å². The van der Waals surface area contributed by atoms with Crippen LogP contribution in [0, 0.1) is 0 Å². The van der Waals surface area contributed by atoms with Crippen LogP contribution in [-0.4, -0.2) is 49.9 Å². The molecule has 0 aromatic carbocycles. The largest absolute Gasteiger partial charge is 0.472 e. The Bertz CT molecular complexity index is 437. The van der Waals surface area contributed by atoms with E-state index in [1.54, 1.807) is 0 Å². The maximum absolute atomic E-state index is 11.6. The molecule has 0 aliphatic heterocycles. The molecule has 0 aliphatic rings. The van der Waals surface area contributed by atoms with E-state index in [2.05, 4.69) is 11.4 Å². The van der Waals surface area contributed by atoms with Gasteiger partial charge in [-0.2, -0.15) is 0 Å². The number of ether oxygens (including phenoxy) is 2. The molecule has 0 spiro atoms. The van der Waals surface area contributed by atoms with Crippen molar-refractivity contribution in [2.45, 2.75) is 90.6 Å². The number of hydrogen-bond acceptors (Lipinski definition) is 7. The van der Waals surface area contributed by atoms with Crippen molar-refractivity contribution in [3.05, 3.63) is 0 Å². The fourth-order valence-electron chi connectivity index (χ4n) is 2.82. The predicted octanol–water partition coefficient (Wildman–Crippen LogP) is 4.34. The van der Waals surface area contributed by atoms with Gasteiger partial charge in [0.2, 0.25) is 0 Å². The molecule has 0 fully saturated rings. The molecule has 174 valence electrons. The number of phosphoric acid groups is 1. The highest BCUT2D eigenvalue weighted by Crippen LogP contribution is 2.42. The summed E-state index contributed by atoms with van der Waals surface area (Å²) in [7, 11) is -4.20.